The van der Waals surface area contributed by atoms with Crippen LogP contribution in [0.15, 0.2) is 4.79 Å². The van der Waals surface area contributed by atoms with Gasteiger partial charge in [0.05, 0.1) is 6.04 Å². The summed E-state index contributed by atoms with van der Waals surface area (Å²) in [5.74, 6) is 0.706. The smallest absolute Gasteiger partial charge is 0.321 e. The molecule has 2 heterocycles. The molecule has 5 heteroatoms. The number of H-pyrrole nitrogens is 1. The third-order valence-electron chi connectivity index (χ3n) is 2.27. The number of hydrogen-bond donors (Lipinski definition) is 2. The van der Waals surface area contributed by atoms with Crippen LogP contribution < -0.4 is 11.4 Å². The maximum absolute atomic E-state index is 11.2. The molecule has 1 aromatic rings. The van der Waals surface area contributed by atoms with E-state index in [1.54, 1.807) is 4.57 Å². The minimum absolute atomic E-state index is 0.0774. The first-order chi connectivity index (χ1) is 5.79. The van der Waals surface area contributed by atoms with Crippen molar-refractivity contribution < 1.29 is 0 Å². The van der Waals surface area contributed by atoms with Crippen LogP contribution in [0.3, 0.4) is 0 Å². The molecule has 3 N–H and O–H groups in total. The van der Waals surface area contributed by atoms with Gasteiger partial charge in [-0.2, -0.15) is 5.10 Å². The summed E-state index contributed by atoms with van der Waals surface area (Å²) in [5.41, 5.74) is 5.68. The molecule has 1 atom stereocenters. The van der Waals surface area contributed by atoms with Gasteiger partial charge < -0.3 is 5.73 Å². The van der Waals surface area contributed by atoms with Gasteiger partial charge in [-0.25, -0.2) is 9.89 Å². The zero-order chi connectivity index (χ0) is 8.55. The van der Waals surface area contributed by atoms with E-state index in [9.17, 15) is 4.79 Å². The van der Waals surface area contributed by atoms with Crippen LogP contribution in [-0.2, 0) is 6.54 Å². The van der Waals surface area contributed by atoms with Crippen molar-refractivity contribution in [3.8, 4) is 0 Å². The van der Waals surface area contributed by atoms with Crippen LogP contribution in [0.1, 0.15) is 31.1 Å². The molecule has 0 radical (unpaired) electrons. The lowest BCUT2D eigenvalue weighted by molar-refractivity contribution is 0.599. The molecule has 0 amide bonds. The number of rotatable bonds is 0. The molecule has 0 unspecified atom stereocenters. The molecule has 0 saturated heterocycles. The number of hydrogen-bond acceptors (Lipinski definition) is 3. The summed E-state index contributed by atoms with van der Waals surface area (Å²) in [6.45, 7) is 0.748. The average molecular weight is 168 g/mol. The van der Waals surface area contributed by atoms with Gasteiger partial charge in [0.15, 0.2) is 0 Å². The molecule has 1 aromatic heterocycles. The van der Waals surface area contributed by atoms with Gasteiger partial charge in [0.1, 0.15) is 5.82 Å². The topological polar surface area (TPSA) is 76.7 Å². The first kappa shape index (κ1) is 7.54. The lowest BCUT2D eigenvalue weighted by atomic mass is 10.1. The molecular weight excluding hydrogens is 156 g/mol. The molecule has 2 rings (SSSR count). The van der Waals surface area contributed by atoms with E-state index in [0.29, 0.717) is 5.82 Å². The van der Waals surface area contributed by atoms with Crippen molar-refractivity contribution in [3.63, 3.8) is 0 Å². The highest BCUT2D eigenvalue weighted by Gasteiger charge is 2.18. The van der Waals surface area contributed by atoms with Crippen molar-refractivity contribution in [3.05, 3.63) is 16.3 Å². The van der Waals surface area contributed by atoms with Crippen molar-refractivity contribution in [2.45, 2.75) is 31.8 Å². The number of nitrogens with zero attached hydrogens (tertiary/aromatic N) is 2. The summed E-state index contributed by atoms with van der Waals surface area (Å²) >= 11 is 0. The van der Waals surface area contributed by atoms with Gasteiger partial charge in [-0.15, -0.1) is 0 Å². The number of nitrogens with two attached hydrogens (primary N) is 1. The summed E-state index contributed by atoms with van der Waals surface area (Å²) in [5, 5.41) is 6.31. The number of aromatic nitrogens is 3. The second kappa shape index (κ2) is 2.75. The molecule has 0 bridgehead atoms. The van der Waals surface area contributed by atoms with E-state index in [1.807, 2.05) is 0 Å². The molecule has 1 aliphatic heterocycles. The van der Waals surface area contributed by atoms with E-state index >= 15 is 0 Å². The van der Waals surface area contributed by atoms with Crippen LogP contribution in [0.4, 0.5) is 0 Å². The highest BCUT2D eigenvalue weighted by molar-refractivity contribution is 4.95. The molecule has 1 aliphatic rings. The zero-order valence-electron chi connectivity index (χ0n) is 6.79. The molecule has 66 valence electrons. The minimum Gasteiger partial charge on any atom is -0.321 e. The Bertz CT molecular complexity index is 326. The Morgan fingerprint density at radius 1 is 1.58 bits per heavy atom. The van der Waals surface area contributed by atoms with Crippen LogP contribution >= 0.6 is 0 Å². The van der Waals surface area contributed by atoms with Crippen LogP contribution in [0.2, 0.25) is 0 Å². The molecule has 0 spiro atoms. The van der Waals surface area contributed by atoms with Gasteiger partial charge in [-0.1, -0.05) is 0 Å². The summed E-state index contributed by atoms with van der Waals surface area (Å²) in [7, 11) is 0. The van der Waals surface area contributed by atoms with Crippen LogP contribution in [-0.4, -0.2) is 14.8 Å². The Morgan fingerprint density at radius 3 is 3.25 bits per heavy atom. The van der Waals surface area contributed by atoms with Gasteiger partial charge >= 0.3 is 5.69 Å². The Kier molecular flexibility index (Phi) is 1.73. The Balaban J connectivity index is 2.47. The number of nitrogens with one attached hydrogen (secondary N) is 1. The van der Waals surface area contributed by atoms with E-state index in [4.69, 9.17) is 5.73 Å². The summed E-state index contributed by atoms with van der Waals surface area (Å²) in [4.78, 5) is 11.2. The second-order valence-corrected chi connectivity index (χ2v) is 3.14. The Hall–Kier alpha value is -1.10. The molecule has 0 aliphatic carbocycles. The van der Waals surface area contributed by atoms with E-state index in [0.717, 1.165) is 25.8 Å². The summed E-state index contributed by atoms with van der Waals surface area (Å²) in [6, 6.07) is -0.0774. The van der Waals surface area contributed by atoms with E-state index in [1.165, 1.54) is 0 Å². The minimum atomic E-state index is -0.137. The standard InChI is InChI=1S/C7H12N4O/c8-5-3-1-2-4-11-6(5)9-10-7(11)12/h5H,1-4,8H2,(H,10,12)/t5-/m0/s1. The summed E-state index contributed by atoms with van der Waals surface area (Å²) < 4.78 is 1.64. The van der Waals surface area contributed by atoms with E-state index < -0.39 is 0 Å². The zero-order valence-corrected chi connectivity index (χ0v) is 6.79. The van der Waals surface area contributed by atoms with Gasteiger partial charge in [-0.3, -0.25) is 4.57 Å². The normalized spacial score (nSPS) is 23.2. The first-order valence-electron chi connectivity index (χ1n) is 4.20. The summed E-state index contributed by atoms with van der Waals surface area (Å²) in [6.07, 6.45) is 3.01. The van der Waals surface area contributed by atoms with Gasteiger partial charge in [0.25, 0.3) is 0 Å². The predicted molar refractivity (Wildman–Crippen MR) is 43.6 cm³/mol. The van der Waals surface area contributed by atoms with E-state index in [-0.39, 0.29) is 11.7 Å². The molecule has 0 saturated carbocycles. The monoisotopic (exact) mass is 168 g/mol. The average Bonchev–Trinajstić information content (AvgIpc) is 2.30. The maximum Gasteiger partial charge on any atom is 0.343 e. The van der Waals surface area contributed by atoms with Crippen LogP contribution in [0.25, 0.3) is 0 Å². The molecule has 0 fully saturated rings. The van der Waals surface area contributed by atoms with Crippen molar-refractivity contribution in [1.82, 2.24) is 14.8 Å². The molecule has 5 nitrogen and oxygen atoms in total. The third kappa shape index (κ3) is 1.06. The van der Waals surface area contributed by atoms with Gasteiger partial charge in [0, 0.05) is 6.54 Å². The van der Waals surface area contributed by atoms with Gasteiger partial charge in [0.2, 0.25) is 0 Å². The largest absolute Gasteiger partial charge is 0.343 e. The lowest BCUT2D eigenvalue weighted by Crippen LogP contribution is -2.21. The fourth-order valence-corrected chi connectivity index (χ4v) is 1.59. The van der Waals surface area contributed by atoms with E-state index in [2.05, 4.69) is 10.2 Å². The quantitative estimate of drug-likeness (QED) is 0.561. The lowest BCUT2D eigenvalue weighted by Gasteiger charge is -2.04. The molecule has 0 aromatic carbocycles. The number of fused-ring (bicyclic) bond motifs is 1. The van der Waals surface area contributed by atoms with Crippen LogP contribution in [0.5, 0.6) is 0 Å². The molecular formula is C7H12N4O. The maximum atomic E-state index is 11.2. The SMILES string of the molecule is N[C@H]1CCCCn2c1n[nH]c2=O. The Labute approximate surface area is 69.6 Å². The fourth-order valence-electron chi connectivity index (χ4n) is 1.59. The fraction of sp³-hybridized carbons (Fsp3) is 0.714. The van der Waals surface area contributed by atoms with Gasteiger partial charge in [-0.05, 0) is 19.3 Å². The molecule has 12 heavy (non-hydrogen) atoms. The van der Waals surface area contributed by atoms with Crippen molar-refractivity contribution in [2.75, 3.05) is 0 Å². The third-order valence-corrected chi connectivity index (χ3v) is 2.27. The second-order valence-electron chi connectivity index (χ2n) is 3.14. The first-order valence-corrected chi connectivity index (χ1v) is 4.20. The highest BCUT2D eigenvalue weighted by atomic mass is 16.1. The van der Waals surface area contributed by atoms with Crippen molar-refractivity contribution in [2.24, 2.45) is 5.73 Å². The highest BCUT2D eigenvalue weighted by Crippen LogP contribution is 2.17. The Morgan fingerprint density at radius 2 is 2.42 bits per heavy atom. The van der Waals surface area contributed by atoms with Crippen molar-refractivity contribution in [1.29, 1.82) is 0 Å². The number of aromatic amines is 1. The van der Waals surface area contributed by atoms with Crippen LogP contribution in [0, 0.1) is 0 Å². The predicted octanol–water partition coefficient (Wildman–Crippen LogP) is -0.245. The van der Waals surface area contributed by atoms with Crippen molar-refractivity contribution >= 4 is 0 Å².